The average Bonchev–Trinajstić information content (AvgIpc) is 2.48. The first-order valence-electron chi connectivity index (χ1n) is 10.00. The summed E-state index contributed by atoms with van der Waals surface area (Å²) in [6.07, 6.45) is -14.6. The van der Waals surface area contributed by atoms with Crippen molar-refractivity contribution in [3.8, 4) is 0 Å². The Bertz CT molecular complexity index is 620. The number of hydrogen-bond donors (Lipinski definition) is 3. The van der Waals surface area contributed by atoms with Gasteiger partial charge in [-0.25, -0.2) is 4.89 Å². The van der Waals surface area contributed by atoms with E-state index < -0.39 is 53.2 Å². The van der Waals surface area contributed by atoms with Gasteiger partial charge >= 0.3 is 12.4 Å². The molecule has 4 unspecified atom stereocenters. The molecular weight excluding hydrogens is 422 g/mol. The van der Waals surface area contributed by atoms with E-state index in [2.05, 4.69) is 4.74 Å². The van der Waals surface area contributed by atoms with Crippen LogP contribution in [0.4, 0.5) is 26.3 Å². The number of halogens is 6. The van der Waals surface area contributed by atoms with E-state index in [0.717, 1.165) is 0 Å². The Morgan fingerprint density at radius 3 is 1.80 bits per heavy atom. The highest BCUT2D eigenvalue weighted by atomic mass is 19.4. The van der Waals surface area contributed by atoms with Gasteiger partial charge in [-0.2, -0.15) is 26.3 Å². The number of aliphatic hydroxyl groups is 2. The maximum Gasteiger partial charge on any atom is 0.423 e. The summed E-state index contributed by atoms with van der Waals surface area (Å²) >= 11 is 0. The Labute approximate surface area is 170 Å². The summed E-state index contributed by atoms with van der Waals surface area (Å²) in [5.74, 6) is -0.0750. The number of hydrogen-bond acceptors (Lipinski definition) is 5. The van der Waals surface area contributed by atoms with Gasteiger partial charge in [0.05, 0.1) is 17.8 Å². The van der Waals surface area contributed by atoms with E-state index in [4.69, 9.17) is 4.89 Å². The Kier molecular flexibility index (Phi) is 5.76. The predicted octanol–water partition coefficient (Wildman–Crippen LogP) is 4.22. The summed E-state index contributed by atoms with van der Waals surface area (Å²) in [6, 6.07) is 0. The van der Waals surface area contributed by atoms with Crippen LogP contribution in [0.5, 0.6) is 0 Å². The third-order valence-corrected chi connectivity index (χ3v) is 7.33. The van der Waals surface area contributed by atoms with Gasteiger partial charge in [0.25, 0.3) is 0 Å². The predicted molar refractivity (Wildman–Crippen MR) is 91.3 cm³/mol. The molecule has 3 N–H and O–H groups in total. The molecule has 0 radical (unpaired) electrons. The molecule has 4 fully saturated rings. The van der Waals surface area contributed by atoms with Crippen molar-refractivity contribution in [3.63, 3.8) is 0 Å². The zero-order valence-electron chi connectivity index (χ0n) is 16.8. The SMILES string of the molecule is CCC(C)(COC(C(F)(F)F)C(F)(F)F)C(OO)C12CC3CC(O)(CC(O)(C3)C1)C2. The molecule has 0 amide bonds. The van der Waals surface area contributed by atoms with Crippen molar-refractivity contribution in [2.75, 3.05) is 6.61 Å². The zero-order valence-corrected chi connectivity index (χ0v) is 16.8. The van der Waals surface area contributed by atoms with E-state index in [0.29, 0.717) is 19.3 Å². The molecule has 5 nitrogen and oxygen atoms in total. The van der Waals surface area contributed by atoms with Crippen LogP contribution >= 0.6 is 0 Å². The van der Waals surface area contributed by atoms with Crippen molar-refractivity contribution in [1.82, 2.24) is 0 Å². The van der Waals surface area contributed by atoms with E-state index >= 15 is 0 Å². The molecule has 4 saturated carbocycles. The molecule has 11 heteroatoms. The average molecular weight is 450 g/mol. The first-order chi connectivity index (χ1) is 13.5. The van der Waals surface area contributed by atoms with Crippen molar-refractivity contribution in [3.05, 3.63) is 0 Å². The van der Waals surface area contributed by atoms with Gasteiger partial charge in [-0.3, -0.25) is 5.26 Å². The molecule has 4 rings (SSSR count). The van der Waals surface area contributed by atoms with E-state index in [1.165, 1.54) is 6.92 Å². The molecule has 0 aromatic heterocycles. The van der Waals surface area contributed by atoms with Crippen molar-refractivity contribution < 1.29 is 51.4 Å². The molecule has 4 atom stereocenters. The van der Waals surface area contributed by atoms with Crippen LogP contribution < -0.4 is 0 Å². The molecule has 4 aliphatic carbocycles. The van der Waals surface area contributed by atoms with E-state index in [1.807, 2.05) is 0 Å². The second-order valence-corrected chi connectivity index (χ2v) is 10.1. The van der Waals surface area contributed by atoms with Gasteiger partial charge in [0, 0.05) is 17.3 Å². The molecule has 0 spiro atoms. The highest BCUT2D eigenvalue weighted by Crippen LogP contribution is 2.66. The fraction of sp³-hybridized carbons (Fsp3) is 1.00. The van der Waals surface area contributed by atoms with Crippen molar-refractivity contribution in [2.45, 2.75) is 94.6 Å². The first kappa shape index (κ1) is 24.0. The lowest BCUT2D eigenvalue weighted by Crippen LogP contribution is -2.68. The highest BCUT2D eigenvalue weighted by molar-refractivity contribution is 5.17. The van der Waals surface area contributed by atoms with Crippen LogP contribution in [-0.4, -0.2) is 57.8 Å². The Balaban J connectivity index is 1.88. The summed E-state index contributed by atoms with van der Waals surface area (Å²) in [5, 5.41) is 31.6. The van der Waals surface area contributed by atoms with Gasteiger partial charge in [0.1, 0.15) is 6.10 Å². The minimum absolute atomic E-state index is 0.0456. The van der Waals surface area contributed by atoms with Crippen LogP contribution in [0, 0.1) is 16.7 Å². The van der Waals surface area contributed by atoms with Gasteiger partial charge in [0.2, 0.25) is 6.10 Å². The van der Waals surface area contributed by atoms with Crippen molar-refractivity contribution in [2.24, 2.45) is 16.7 Å². The van der Waals surface area contributed by atoms with Crippen molar-refractivity contribution >= 4 is 0 Å². The smallest absolute Gasteiger partial charge is 0.390 e. The van der Waals surface area contributed by atoms with Gasteiger partial charge in [-0.1, -0.05) is 13.8 Å². The fourth-order valence-electron chi connectivity index (χ4n) is 6.69. The molecule has 0 aromatic rings. The summed E-state index contributed by atoms with van der Waals surface area (Å²) in [6.45, 7) is 1.97. The molecule has 0 aliphatic heterocycles. The quantitative estimate of drug-likeness (QED) is 0.308. The standard InChI is InChI=1S/C19H28F6O5/c1-3-14(2,10-29-13(18(20,21)22)19(23,24)25)12(30-28)15-4-11-5-16(26,7-15)9-17(27,6-11)8-15/h11-13,26-28H,3-10H2,1-2H3. The number of alkyl halides is 6. The largest absolute Gasteiger partial charge is 0.423 e. The normalized spacial score (nSPS) is 39.4. The minimum atomic E-state index is -5.65. The van der Waals surface area contributed by atoms with Gasteiger partial charge in [0.15, 0.2) is 0 Å². The van der Waals surface area contributed by atoms with Crippen LogP contribution in [0.1, 0.15) is 58.8 Å². The molecule has 4 aliphatic rings. The molecule has 176 valence electrons. The summed E-state index contributed by atoms with van der Waals surface area (Å²) < 4.78 is 81.8. The van der Waals surface area contributed by atoms with Crippen LogP contribution in [0.25, 0.3) is 0 Å². The number of ether oxygens (including phenoxy) is 1. The van der Waals surface area contributed by atoms with E-state index in [9.17, 15) is 41.8 Å². The lowest BCUT2D eigenvalue weighted by molar-refractivity contribution is -0.373. The van der Waals surface area contributed by atoms with Crippen molar-refractivity contribution in [1.29, 1.82) is 0 Å². The minimum Gasteiger partial charge on any atom is -0.390 e. The number of rotatable bonds is 7. The topological polar surface area (TPSA) is 79.2 Å². The zero-order chi connectivity index (χ0) is 22.8. The Hall–Kier alpha value is -0.620. The second kappa shape index (κ2) is 7.19. The fourth-order valence-corrected chi connectivity index (χ4v) is 6.69. The molecule has 4 bridgehead atoms. The summed E-state index contributed by atoms with van der Waals surface area (Å²) in [4.78, 5) is 4.72. The molecule has 30 heavy (non-hydrogen) atoms. The van der Waals surface area contributed by atoms with E-state index in [1.54, 1.807) is 6.92 Å². The third-order valence-electron chi connectivity index (χ3n) is 7.33. The van der Waals surface area contributed by atoms with Crippen LogP contribution in [0.3, 0.4) is 0 Å². The second-order valence-electron chi connectivity index (χ2n) is 10.1. The van der Waals surface area contributed by atoms with Crippen LogP contribution in [0.2, 0.25) is 0 Å². The lowest BCUT2D eigenvalue weighted by Gasteiger charge is -2.66. The monoisotopic (exact) mass is 450 g/mol. The first-order valence-corrected chi connectivity index (χ1v) is 10.00. The molecular formula is C19H28F6O5. The van der Waals surface area contributed by atoms with Gasteiger partial charge in [-0.15, -0.1) is 0 Å². The lowest BCUT2D eigenvalue weighted by atomic mass is 9.43. The van der Waals surface area contributed by atoms with Crippen LogP contribution in [-0.2, 0) is 9.62 Å². The Morgan fingerprint density at radius 2 is 1.43 bits per heavy atom. The third kappa shape index (κ3) is 4.20. The maximum atomic E-state index is 12.9. The highest BCUT2D eigenvalue weighted by Gasteiger charge is 2.67. The van der Waals surface area contributed by atoms with E-state index in [-0.39, 0.29) is 31.6 Å². The van der Waals surface area contributed by atoms with Gasteiger partial charge in [-0.05, 0) is 44.4 Å². The summed E-state index contributed by atoms with van der Waals surface area (Å²) in [5.41, 5.74) is -4.83. The molecule has 0 aromatic carbocycles. The summed E-state index contributed by atoms with van der Waals surface area (Å²) in [7, 11) is 0. The maximum absolute atomic E-state index is 12.9. The molecule has 0 saturated heterocycles. The molecule has 0 heterocycles. The van der Waals surface area contributed by atoms with Crippen LogP contribution in [0.15, 0.2) is 0 Å². The van der Waals surface area contributed by atoms with Gasteiger partial charge < -0.3 is 14.9 Å². The Morgan fingerprint density at radius 1 is 0.933 bits per heavy atom.